The van der Waals surface area contributed by atoms with Crippen molar-refractivity contribution in [3.8, 4) is 11.4 Å². The van der Waals surface area contributed by atoms with Crippen molar-refractivity contribution in [2.45, 2.75) is 25.5 Å². The van der Waals surface area contributed by atoms with E-state index in [0.717, 1.165) is 36.4 Å². The minimum Gasteiger partial charge on any atom is -0.376 e. The first-order valence-corrected chi connectivity index (χ1v) is 7.41. The fourth-order valence-corrected chi connectivity index (χ4v) is 2.42. The van der Waals surface area contributed by atoms with E-state index in [-0.39, 0.29) is 30.1 Å². The van der Waals surface area contributed by atoms with Gasteiger partial charge in [-0.2, -0.15) is 5.10 Å². The number of halogens is 1. The summed E-state index contributed by atoms with van der Waals surface area (Å²) < 4.78 is 5.53. The standard InChI is InChI=1S/C15H20N6O.HI/c16-15(18-9-13-5-2-6-22-13)17-8-11-3-1-4-12(7-11)14-19-10-20-21-14;/h1,3-4,7,10,13H,2,5-6,8-9H2,(H3,16,17,18)(H,19,20,21);1H. The maximum atomic E-state index is 5.89. The van der Waals surface area contributed by atoms with Crippen LogP contribution in [0.1, 0.15) is 18.4 Å². The summed E-state index contributed by atoms with van der Waals surface area (Å²) in [5.74, 6) is 1.19. The largest absolute Gasteiger partial charge is 0.376 e. The number of guanidine groups is 1. The molecule has 7 nitrogen and oxygen atoms in total. The van der Waals surface area contributed by atoms with Gasteiger partial charge >= 0.3 is 0 Å². The number of aromatic amines is 1. The zero-order valence-corrected chi connectivity index (χ0v) is 15.1. The van der Waals surface area contributed by atoms with Gasteiger partial charge in [-0.1, -0.05) is 18.2 Å². The van der Waals surface area contributed by atoms with E-state index in [9.17, 15) is 0 Å². The minimum atomic E-state index is 0. The third kappa shape index (κ3) is 5.17. The number of aromatic nitrogens is 3. The van der Waals surface area contributed by atoms with Gasteiger partial charge in [-0.3, -0.25) is 5.10 Å². The molecular formula is C15H21IN6O. The molecule has 1 aromatic carbocycles. The number of benzene rings is 1. The summed E-state index contributed by atoms with van der Waals surface area (Å²) >= 11 is 0. The van der Waals surface area contributed by atoms with Gasteiger partial charge in [0, 0.05) is 18.7 Å². The molecule has 1 aliphatic rings. The number of nitrogens with one attached hydrogen (secondary N) is 2. The number of H-pyrrole nitrogens is 1. The van der Waals surface area contributed by atoms with Crippen LogP contribution in [-0.2, 0) is 11.3 Å². The van der Waals surface area contributed by atoms with E-state index >= 15 is 0 Å². The van der Waals surface area contributed by atoms with Gasteiger partial charge in [-0.25, -0.2) is 9.98 Å². The third-order valence-corrected chi connectivity index (χ3v) is 3.58. The Hall–Kier alpha value is -1.68. The number of hydrogen-bond acceptors (Lipinski definition) is 4. The molecule has 2 heterocycles. The van der Waals surface area contributed by atoms with Gasteiger partial charge in [0.05, 0.1) is 12.6 Å². The summed E-state index contributed by atoms with van der Waals surface area (Å²) in [7, 11) is 0. The number of ether oxygens (including phenoxy) is 1. The van der Waals surface area contributed by atoms with Gasteiger partial charge in [0.25, 0.3) is 0 Å². The van der Waals surface area contributed by atoms with Gasteiger partial charge in [0.1, 0.15) is 6.33 Å². The normalized spacial score (nSPS) is 17.7. The zero-order chi connectivity index (χ0) is 15.2. The van der Waals surface area contributed by atoms with Crippen molar-refractivity contribution in [2.75, 3.05) is 13.2 Å². The van der Waals surface area contributed by atoms with Crippen LogP contribution in [0.5, 0.6) is 0 Å². The minimum absolute atomic E-state index is 0. The molecule has 1 unspecified atom stereocenters. The van der Waals surface area contributed by atoms with E-state index in [1.54, 1.807) is 0 Å². The van der Waals surface area contributed by atoms with Crippen molar-refractivity contribution < 1.29 is 4.74 Å². The summed E-state index contributed by atoms with van der Waals surface area (Å²) in [4.78, 5) is 8.50. The van der Waals surface area contributed by atoms with Gasteiger partial charge in [0.2, 0.25) is 0 Å². The van der Waals surface area contributed by atoms with Crippen LogP contribution >= 0.6 is 24.0 Å². The average Bonchev–Trinajstić information content (AvgIpc) is 3.24. The van der Waals surface area contributed by atoms with Crippen LogP contribution in [0.4, 0.5) is 0 Å². The average molecular weight is 428 g/mol. The van der Waals surface area contributed by atoms with Crippen LogP contribution in [-0.4, -0.2) is 40.4 Å². The monoisotopic (exact) mass is 428 g/mol. The van der Waals surface area contributed by atoms with Crippen LogP contribution < -0.4 is 11.1 Å². The predicted molar refractivity (Wildman–Crippen MR) is 99.5 cm³/mol. The molecule has 0 radical (unpaired) electrons. The lowest BCUT2D eigenvalue weighted by Gasteiger charge is -2.11. The second-order valence-electron chi connectivity index (χ2n) is 5.25. The molecule has 1 aliphatic heterocycles. The number of hydrogen-bond donors (Lipinski definition) is 3. The topological polar surface area (TPSA) is 101 Å². The number of nitrogens with zero attached hydrogens (tertiary/aromatic N) is 3. The smallest absolute Gasteiger partial charge is 0.189 e. The maximum Gasteiger partial charge on any atom is 0.189 e. The van der Waals surface area contributed by atoms with Crippen molar-refractivity contribution in [1.29, 1.82) is 0 Å². The summed E-state index contributed by atoms with van der Waals surface area (Å²) in [6.45, 7) is 2.08. The van der Waals surface area contributed by atoms with Crippen molar-refractivity contribution in [2.24, 2.45) is 10.7 Å². The fourth-order valence-electron chi connectivity index (χ4n) is 2.42. The molecule has 8 heteroatoms. The molecule has 2 aromatic rings. The maximum absolute atomic E-state index is 5.89. The van der Waals surface area contributed by atoms with Gasteiger partial charge in [0.15, 0.2) is 11.8 Å². The van der Waals surface area contributed by atoms with Crippen molar-refractivity contribution in [3.05, 3.63) is 36.2 Å². The van der Waals surface area contributed by atoms with Gasteiger partial charge in [-0.05, 0) is 24.5 Å². The number of nitrogens with two attached hydrogens (primary N) is 1. The Morgan fingerprint density at radius 3 is 3.13 bits per heavy atom. The Balaban J connectivity index is 0.00000192. The van der Waals surface area contributed by atoms with Crippen molar-refractivity contribution >= 4 is 29.9 Å². The van der Waals surface area contributed by atoms with Crippen molar-refractivity contribution in [3.63, 3.8) is 0 Å². The first-order chi connectivity index (χ1) is 10.8. The molecule has 1 atom stereocenters. The molecule has 124 valence electrons. The molecule has 0 spiro atoms. The molecular weight excluding hydrogens is 407 g/mol. The zero-order valence-electron chi connectivity index (χ0n) is 12.7. The van der Waals surface area contributed by atoms with Crippen LogP contribution in [0, 0.1) is 0 Å². The highest BCUT2D eigenvalue weighted by Gasteiger charge is 2.14. The highest BCUT2D eigenvalue weighted by molar-refractivity contribution is 14.0. The lowest BCUT2D eigenvalue weighted by Crippen LogP contribution is -2.37. The predicted octanol–water partition coefficient (Wildman–Crippen LogP) is 1.67. The molecule has 23 heavy (non-hydrogen) atoms. The summed E-state index contributed by atoms with van der Waals surface area (Å²) in [5, 5.41) is 9.82. The highest BCUT2D eigenvalue weighted by Crippen LogP contribution is 2.16. The Kier molecular flexibility index (Phi) is 6.78. The highest BCUT2D eigenvalue weighted by atomic mass is 127. The number of rotatable bonds is 5. The first-order valence-electron chi connectivity index (χ1n) is 7.41. The second kappa shape index (κ2) is 8.82. The van der Waals surface area contributed by atoms with E-state index in [1.165, 1.54) is 6.33 Å². The lowest BCUT2D eigenvalue weighted by atomic mass is 10.1. The molecule has 1 aromatic heterocycles. The Morgan fingerprint density at radius 1 is 1.48 bits per heavy atom. The molecule has 1 fully saturated rings. The Bertz CT molecular complexity index is 625. The molecule has 0 aliphatic carbocycles. The van der Waals surface area contributed by atoms with Gasteiger partial charge < -0.3 is 15.8 Å². The van der Waals surface area contributed by atoms with E-state index < -0.39 is 0 Å². The van der Waals surface area contributed by atoms with Crippen LogP contribution in [0.15, 0.2) is 35.6 Å². The molecule has 0 bridgehead atoms. The van der Waals surface area contributed by atoms with E-state index in [4.69, 9.17) is 10.5 Å². The quantitative estimate of drug-likeness (QED) is 0.382. The van der Waals surface area contributed by atoms with E-state index in [2.05, 4.69) is 25.5 Å². The molecule has 3 rings (SSSR count). The summed E-state index contributed by atoms with van der Waals surface area (Å²) in [6.07, 6.45) is 3.95. The molecule has 0 saturated carbocycles. The molecule has 1 saturated heterocycles. The van der Waals surface area contributed by atoms with E-state index in [1.807, 2.05) is 24.3 Å². The van der Waals surface area contributed by atoms with Crippen LogP contribution in [0.2, 0.25) is 0 Å². The molecule has 0 amide bonds. The van der Waals surface area contributed by atoms with Gasteiger partial charge in [-0.15, -0.1) is 24.0 Å². The third-order valence-electron chi connectivity index (χ3n) is 3.58. The summed E-state index contributed by atoms with van der Waals surface area (Å²) in [6, 6.07) is 7.99. The SMILES string of the molecule is I.NC(=NCc1cccc(-c2ncn[nH]2)c1)NCC1CCCO1. The first kappa shape index (κ1) is 17.7. The Morgan fingerprint density at radius 2 is 2.39 bits per heavy atom. The van der Waals surface area contributed by atoms with E-state index in [0.29, 0.717) is 19.0 Å². The molecule has 4 N–H and O–H groups in total. The fraction of sp³-hybridized carbons (Fsp3) is 0.400. The number of aliphatic imine (C=N–C) groups is 1. The van der Waals surface area contributed by atoms with Crippen molar-refractivity contribution in [1.82, 2.24) is 20.5 Å². The van der Waals surface area contributed by atoms with Crippen LogP contribution in [0.3, 0.4) is 0 Å². The van der Waals surface area contributed by atoms with Crippen LogP contribution in [0.25, 0.3) is 11.4 Å². The lowest BCUT2D eigenvalue weighted by molar-refractivity contribution is 0.114. The Labute approximate surface area is 152 Å². The second-order valence-corrected chi connectivity index (χ2v) is 5.25. The summed E-state index contributed by atoms with van der Waals surface area (Å²) in [5.41, 5.74) is 7.94.